The van der Waals surface area contributed by atoms with E-state index in [4.69, 9.17) is 10.2 Å². The van der Waals surface area contributed by atoms with Crippen LogP contribution in [0.2, 0.25) is 0 Å². The van der Waals surface area contributed by atoms with Crippen molar-refractivity contribution in [1.82, 2.24) is 9.78 Å². The topological polar surface area (TPSA) is 57.0 Å². The van der Waals surface area contributed by atoms with Crippen LogP contribution in [0.15, 0.2) is 34.0 Å². The van der Waals surface area contributed by atoms with Gasteiger partial charge in [-0.15, -0.1) is 11.8 Å². The summed E-state index contributed by atoms with van der Waals surface area (Å²) in [7, 11) is 1.91. The normalized spacial score (nSPS) is 14.8. The summed E-state index contributed by atoms with van der Waals surface area (Å²) in [6.07, 6.45) is 5.59. The van der Waals surface area contributed by atoms with Gasteiger partial charge in [0.25, 0.3) is 0 Å². The Morgan fingerprint density at radius 1 is 1.53 bits per heavy atom. The third kappa shape index (κ3) is 2.73. The molecule has 2 aromatic heterocycles. The fourth-order valence-corrected chi connectivity index (χ4v) is 2.79. The molecular weight excluding hydrogens is 234 g/mol. The molecule has 2 rings (SSSR count). The lowest BCUT2D eigenvalue weighted by Crippen LogP contribution is -2.22. The predicted molar refractivity (Wildman–Crippen MR) is 68.9 cm³/mol. The standard InChI is InChI=1S/C12H17N3OS/c1-8(13)12(10-6-14-15(3)7-10)17-11-4-5-16-9(11)2/h4-8,12H,13H2,1-3H3. The lowest BCUT2D eigenvalue weighted by atomic mass is 10.1. The number of furan rings is 1. The Bertz CT molecular complexity index is 489. The molecule has 0 bridgehead atoms. The SMILES string of the molecule is Cc1occc1SC(c1cnn(C)c1)C(C)N. The first kappa shape index (κ1) is 12.3. The van der Waals surface area contributed by atoms with Gasteiger partial charge in [0.15, 0.2) is 0 Å². The largest absolute Gasteiger partial charge is 0.468 e. The Morgan fingerprint density at radius 2 is 2.29 bits per heavy atom. The zero-order chi connectivity index (χ0) is 12.4. The Morgan fingerprint density at radius 3 is 2.76 bits per heavy atom. The molecule has 0 aliphatic heterocycles. The van der Waals surface area contributed by atoms with Crippen molar-refractivity contribution in [2.75, 3.05) is 0 Å². The smallest absolute Gasteiger partial charge is 0.114 e. The quantitative estimate of drug-likeness (QED) is 0.848. The molecule has 0 saturated heterocycles. The van der Waals surface area contributed by atoms with E-state index in [1.165, 1.54) is 0 Å². The van der Waals surface area contributed by atoms with Crippen molar-refractivity contribution in [3.63, 3.8) is 0 Å². The molecule has 2 unspecified atom stereocenters. The molecule has 0 amide bonds. The Hall–Kier alpha value is -1.20. The minimum Gasteiger partial charge on any atom is -0.468 e. The maximum atomic E-state index is 6.06. The highest BCUT2D eigenvalue weighted by Crippen LogP contribution is 2.38. The summed E-state index contributed by atoms with van der Waals surface area (Å²) < 4.78 is 7.10. The third-order valence-corrected chi connectivity index (χ3v) is 4.23. The van der Waals surface area contributed by atoms with Crippen LogP contribution in [0.25, 0.3) is 0 Å². The van der Waals surface area contributed by atoms with Crippen molar-refractivity contribution in [3.05, 3.63) is 36.0 Å². The number of hydrogen-bond donors (Lipinski definition) is 1. The molecule has 0 radical (unpaired) electrons. The van der Waals surface area contributed by atoms with E-state index in [0.29, 0.717) is 0 Å². The average molecular weight is 251 g/mol. The molecule has 4 nitrogen and oxygen atoms in total. The van der Waals surface area contributed by atoms with Crippen LogP contribution < -0.4 is 5.73 Å². The average Bonchev–Trinajstić information content (AvgIpc) is 2.84. The second-order valence-electron chi connectivity index (χ2n) is 4.19. The van der Waals surface area contributed by atoms with Gasteiger partial charge in [-0.05, 0) is 19.9 Å². The van der Waals surface area contributed by atoms with Crippen LogP contribution in [0.4, 0.5) is 0 Å². The van der Waals surface area contributed by atoms with Gasteiger partial charge in [-0.2, -0.15) is 5.10 Å². The van der Waals surface area contributed by atoms with Gasteiger partial charge in [0.1, 0.15) is 5.76 Å². The predicted octanol–water partition coefficient (Wildman–Crippen LogP) is 2.50. The van der Waals surface area contributed by atoms with Crippen LogP contribution in [0.5, 0.6) is 0 Å². The van der Waals surface area contributed by atoms with E-state index in [0.717, 1.165) is 16.2 Å². The summed E-state index contributed by atoms with van der Waals surface area (Å²) >= 11 is 1.72. The van der Waals surface area contributed by atoms with Gasteiger partial charge in [0, 0.05) is 29.7 Å². The fraction of sp³-hybridized carbons (Fsp3) is 0.417. The van der Waals surface area contributed by atoms with Crippen LogP contribution in [0.1, 0.15) is 23.5 Å². The van der Waals surface area contributed by atoms with Crippen LogP contribution in [-0.2, 0) is 7.05 Å². The fourth-order valence-electron chi connectivity index (χ4n) is 1.70. The number of aromatic nitrogens is 2. The molecule has 2 aromatic rings. The highest BCUT2D eigenvalue weighted by molar-refractivity contribution is 7.99. The first-order valence-corrected chi connectivity index (χ1v) is 6.40. The van der Waals surface area contributed by atoms with Crippen molar-refractivity contribution in [2.45, 2.75) is 30.0 Å². The molecular formula is C12H17N3OS. The highest BCUT2D eigenvalue weighted by Gasteiger charge is 2.20. The molecule has 2 heterocycles. The van der Waals surface area contributed by atoms with Crippen LogP contribution in [-0.4, -0.2) is 15.8 Å². The first-order chi connectivity index (χ1) is 8.08. The zero-order valence-corrected chi connectivity index (χ0v) is 11.1. The number of hydrogen-bond acceptors (Lipinski definition) is 4. The van der Waals surface area contributed by atoms with E-state index in [-0.39, 0.29) is 11.3 Å². The van der Waals surface area contributed by atoms with Gasteiger partial charge >= 0.3 is 0 Å². The van der Waals surface area contributed by atoms with Crippen molar-refractivity contribution in [2.24, 2.45) is 12.8 Å². The van der Waals surface area contributed by atoms with Crippen molar-refractivity contribution in [1.29, 1.82) is 0 Å². The second kappa shape index (κ2) is 4.98. The van der Waals surface area contributed by atoms with Crippen molar-refractivity contribution < 1.29 is 4.42 Å². The molecule has 2 atom stereocenters. The minimum atomic E-state index is 0.0542. The van der Waals surface area contributed by atoms with E-state index in [9.17, 15) is 0 Å². The molecule has 0 aliphatic rings. The Kier molecular flexibility index (Phi) is 3.59. The maximum Gasteiger partial charge on any atom is 0.114 e. The van der Waals surface area contributed by atoms with Gasteiger partial charge in [0.2, 0.25) is 0 Å². The maximum absolute atomic E-state index is 6.06. The van der Waals surface area contributed by atoms with E-state index in [1.807, 2.05) is 39.4 Å². The van der Waals surface area contributed by atoms with E-state index < -0.39 is 0 Å². The Balaban J connectivity index is 2.22. The van der Waals surface area contributed by atoms with Gasteiger partial charge in [-0.25, -0.2) is 0 Å². The number of nitrogens with two attached hydrogens (primary N) is 1. The third-order valence-electron chi connectivity index (χ3n) is 2.60. The summed E-state index contributed by atoms with van der Waals surface area (Å²) in [4.78, 5) is 1.14. The molecule has 0 spiro atoms. The zero-order valence-electron chi connectivity index (χ0n) is 10.3. The molecule has 2 N–H and O–H groups in total. The summed E-state index contributed by atoms with van der Waals surface area (Å²) in [5.74, 6) is 0.935. The lowest BCUT2D eigenvalue weighted by Gasteiger charge is -2.18. The monoisotopic (exact) mass is 251 g/mol. The molecule has 5 heteroatoms. The van der Waals surface area contributed by atoms with Crippen molar-refractivity contribution in [3.8, 4) is 0 Å². The van der Waals surface area contributed by atoms with Crippen LogP contribution in [0, 0.1) is 6.92 Å². The summed E-state index contributed by atoms with van der Waals surface area (Å²) in [6, 6.07) is 2.03. The second-order valence-corrected chi connectivity index (χ2v) is 5.37. The molecule has 92 valence electrons. The lowest BCUT2D eigenvalue weighted by molar-refractivity contribution is 0.526. The molecule has 0 aromatic carbocycles. The van der Waals surface area contributed by atoms with Crippen molar-refractivity contribution >= 4 is 11.8 Å². The van der Waals surface area contributed by atoms with E-state index in [2.05, 4.69) is 5.10 Å². The number of aryl methyl sites for hydroxylation is 2. The summed E-state index contributed by atoms with van der Waals surface area (Å²) in [5.41, 5.74) is 7.20. The molecule has 0 aliphatic carbocycles. The molecule has 0 fully saturated rings. The first-order valence-electron chi connectivity index (χ1n) is 5.53. The van der Waals surface area contributed by atoms with Crippen LogP contribution in [0.3, 0.4) is 0 Å². The molecule has 0 saturated carbocycles. The van der Waals surface area contributed by atoms with E-state index in [1.54, 1.807) is 22.7 Å². The van der Waals surface area contributed by atoms with Gasteiger partial charge < -0.3 is 10.2 Å². The highest BCUT2D eigenvalue weighted by atomic mass is 32.2. The van der Waals surface area contributed by atoms with Gasteiger partial charge in [0.05, 0.1) is 17.7 Å². The summed E-state index contributed by atoms with van der Waals surface area (Å²) in [5, 5.41) is 4.39. The number of rotatable bonds is 4. The van der Waals surface area contributed by atoms with Gasteiger partial charge in [-0.3, -0.25) is 4.68 Å². The summed E-state index contributed by atoms with van der Waals surface area (Å²) in [6.45, 7) is 3.98. The Labute approximate surface area is 105 Å². The number of thioether (sulfide) groups is 1. The van der Waals surface area contributed by atoms with Gasteiger partial charge in [-0.1, -0.05) is 0 Å². The molecule has 17 heavy (non-hydrogen) atoms. The number of nitrogens with zero attached hydrogens (tertiary/aromatic N) is 2. The van der Waals surface area contributed by atoms with E-state index >= 15 is 0 Å². The minimum absolute atomic E-state index is 0.0542. The van der Waals surface area contributed by atoms with Crippen LogP contribution >= 0.6 is 11.8 Å².